The lowest BCUT2D eigenvalue weighted by atomic mass is 9.75. The molecule has 3 nitrogen and oxygen atoms in total. The molecule has 2 aromatic heterocycles. The largest absolute Gasteiger partial charge is 0.333 e. The summed E-state index contributed by atoms with van der Waals surface area (Å²) in [5.74, 6) is 0.440. The van der Waals surface area contributed by atoms with Crippen LogP contribution in [0.4, 0.5) is 0 Å². The van der Waals surface area contributed by atoms with Gasteiger partial charge < -0.3 is 4.57 Å². The maximum Gasteiger partial charge on any atom is 0.0956 e. The van der Waals surface area contributed by atoms with E-state index in [9.17, 15) is 0 Å². The molecule has 0 N–H and O–H groups in total. The van der Waals surface area contributed by atoms with Gasteiger partial charge in [0.1, 0.15) is 0 Å². The number of halogens is 1. The van der Waals surface area contributed by atoms with Crippen LogP contribution in [0.2, 0.25) is 5.02 Å². The number of hydrogen-bond donors (Lipinski definition) is 0. The SMILES string of the molecule is C[C@H](C1C=CC2=C(CCc3c2ccc2ccc(-c4ccncc4)cc32)C1)n1cnc(-c2cccc(Cl)c2)c1. The molecule has 186 valence electrons. The predicted octanol–water partition coefficient (Wildman–Crippen LogP) is 8.96. The van der Waals surface area contributed by atoms with Crippen molar-refractivity contribution in [2.24, 2.45) is 5.92 Å². The summed E-state index contributed by atoms with van der Waals surface area (Å²) in [5.41, 5.74) is 10.4. The topological polar surface area (TPSA) is 30.7 Å². The third-order valence-corrected chi connectivity index (χ3v) is 8.53. The molecule has 2 aliphatic rings. The van der Waals surface area contributed by atoms with Crippen LogP contribution in [-0.2, 0) is 6.42 Å². The lowest BCUT2D eigenvalue weighted by Crippen LogP contribution is -2.19. The molecule has 7 rings (SSSR count). The lowest BCUT2D eigenvalue weighted by molar-refractivity contribution is 0.407. The molecule has 0 radical (unpaired) electrons. The van der Waals surface area contributed by atoms with E-state index < -0.39 is 0 Å². The average Bonchev–Trinajstić information content (AvgIpc) is 3.47. The maximum atomic E-state index is 6.20. The van der Waals surface area contributed by atoms with E-state index in [1.165, 1.54) is 38.6 Å². The first-order valence-corrected chi connectivity index (χ1v) is 13.7. The lowest BCUT2D eigenvalue weighted by Gasteiger charge is -2.31. The first-order chi connectivity index (χ1) is 18.6. The van der Waals surface area contributed by atoms with E-state index in [1.807, 2.05) is 36.9 Å². The number of aromatic nitrogens is 3. The molecule has 0 spiro atoms. The number of benzene rings is 3. The van der Waals surface area contributed by atoms with E-state index in [4.69, 9.17) is 11.6 Å². The van der Waals surface area contributed by atoms with Crippen molar-refractivity contribution in [2.75, 3.05) is 0 Å². The summed E-state index contributed by atoms with van der Waals surface area (Å²) in [6.45, 7) is 2.30. The van der Waals surface area contributed by atoms with Gasteiger partial charge in [0.2, 0.25) is 0 Å². The van der Waals surface area contributed by atoms with E-state index >= 15 is 0 Å². The van der Waals surface area contributed by atoms with Gasteiger partial charge in [-0.2, -0.15) is 0 Å². The van der Waals surface area contributed by atoms with E-state index in [2.05, 4.69) is 88.3 Å². The molecule has 0 aliphatic heterocycles. The summed E-state index contributed by atoms with van der Waals surface area (Å²) in [5, 5.41) is 3.42. The molecule has 1 unspecified atom stereocenters. The summed E-state index contributed by atoms with van der Waals surface area (Å²) < 4.78 is 2.25. The Morgan fingerprint density at radius 3 is 2.66 bits per heavy atom. The Bertz CT molecular complexity index is 1730. The Morgan fingerprint density at radius 1 is 0.921 bits per heavy atom. The number of pyridine rings is 1. The molecule has 2 aliphatic carbocycles. The standard InChI is InChI=1S/C34H28ClN3/c1-22(38-20-34(37-21-38)28-3-2-4-29(35)18-28)25-8-10-30-27(17-25)9-12-32-31(30)11-7-24-5-6-26(19-33(24)32)23-13-15-36-16-14-23/h2-8,10-11,13-16,18-22,25H,9,12,17H2,1H3/t22-,25?/m1/s1. The molecule has 2 heterocycles. The normalized spacial score (nSPS) is 17.4. The third kappa shape index (κ3) is 4.08. The molecular formula is C34H28ClN3. The number of fused-ring (bicyclic) bond motifs is 4. The highest BCUT2D eigenvalue weighted by Crippen LogP contribution is 2.43. The van der Waals surface area contributed by atoms with Crippen molar-refractivity contribution in [2.45, 2.75) is 32.2 Å². The number of allylic oxidation sites excluding steroid dienone is 4. The minimum atomic E-state index is 0.321. The molecular weight excluding hydrogens is 486 g/mol. The van der Waals surface area contributed by atoms with Crippen LogP contribution >= 0.6 is 11.6 Å². The fraction of sp³-hybridized carbons (Fsp3) is 0.176. The van der Waals surface area contributed by atoms with Gasteiger partial charge in [-0.25, -0.2) is 4.98 Å². The second-order valence-corrected chi connectivity index (χ2v) is 10.9. The van der Waals surface area contributed by atoms with Crippen LogP contribution in [-0.4, -0.2) is 14.5 Å². The zero-order valence-corrected chi connectivity index (χ0v) is 22.1. The van der Waals surface area contributed by atoms with Crippen molar-refractivity contribution in [1.82, 2.24) is 14.5 Å². The van der Waals surface area contributed by atoms with Gasteiger partial charge in [0, 0.05) is 41.1 Å². The van der Waals surface area contributed by atoms with E-state index in [1.54, 1.807) is 5.57 Å². The molecule has 3 aromatic carbocycles. The summed E-state index contributed by atoms with van der Waals surface area (Å²) in [7, 11) is 0. The highest BCUT2D eigenvalue weighted by molar-refractivity contribution is 6.30. The number of nitrogens with zero attached hydrogens (tertiary/aromatic N) is 3. The zero-order chi connectivity index (χ0) is 25.6. The van der Waals surface area contributed by atoms with Crippen molar-refractivity contribution in [3.63, 3.8) is 0 Å². The fourth-order valence-electron chi connectivity index (χ4n) is 6.13. The Hall–Kier alpha value is -3.95. The number of rotatable bonds is 4. The summed E-state index contributed by atoms with van der Waals surface area (Å²) in [4.78, 5) is 8.86. The van der Waals surface area contributed by atoms with Crippen LogP contribution in [0.3, 0.4) is 0 Å². The molecule has 0 bridgehead atoms. The van der Waals surface area contributed by atoms with E-state index in [-0.39, 0.29) is 0 Å². The highest BCUT2D eigenvalue weighted by Gasteiger charge is 2.27. The molecule has 5 aromatic rings. The molecule has 2 atom stereocenters. The fourth-order valence-corrected chi connectivity index (χ4v) is 6.32. The molecule has 0 saturated carbocycles. The van der Waals surface area contributed by atoms with Crippen LogP contribution in [0.1, 0.15) is 36.9 Å². The second-order valence-electron chi connectivity index (χ2n) is 10.5. The van der Waals surface area contributed by atoms with Crippen LogP contribution in [0.5, 0.6) is 0 Å². The third-order valence-electron chi connectivity index (χ3n) is 8.30. The molecule has 38 heavy (non-hydrogen) atoms. The Kier molecular flexibility index (Phi) is 5.74. The Balaban J connectivity index is 1.17. The number of hydrogen-bond acceptors (Lipinski definition) is 2. The average molecular weight is 514 g/mol. The van der Waals surface area contributed by atoms with Gasteiger partial charge in [-0.3, -0.25) is 4.98 Å². The minimum Gasteiger partial charge on any atom is -0.333 e. The van der Waals surface area contributed by atoms with Gasteiger partial charge in [0.25, 0.3) is 0 Å². The summed E-state index contributed by atoms with van der Waals surface area (Å²) >= 11 is 6.20. The predicted molar refractivity (Wildman–Crippen MR) is 157 cm³/mol. The van der Waals surface area contributed by atoms with Gasteiger partial charge in [-0.1, -0.05) is 65.7 Å². The van der Waals surface area contributed by atoms with Gasteiger partial charge in [-0.05, 0) is 95.1 Å². The maximum absolute atomic E-state index is 6.20. The van der Waals surface area contributed by atoms with Crippen LogP contribution in [0.15, 0.2) is 109 Å². The second kappa shape index (κ2) is 9.41. The Morgan fingerprint density at radius 2 is 1.79 bits per heavy atom. The van der Waals surface area contributed by atoms with Gasteiger partial charge in [0.15, 0.2) is 0 Å². The van der Waals surface area contributed by atoms with Crippen molar-refractivity contribution < 1.29 is 0 Å². The quantitative estimate of drug-likeness (QED) is 0.240. The van der Waals surface area contributed by atoms with Crippen molar-refractivity contribution in [3.05, 3.63) is 126 Å². The van der Waals surface area contributed by atoms with Crippen LogP contribution in [0, 0.1) is 5.92 Å². The first kappa shape index (κ1) is 23.2. The van der Waals surface area contributed by atoms with Crippen LogP contribution < -0.4 is 0 Å². The summed E-state index contributed by atoms with van der Waals surface area (Å²) in [6, 6.07) is 23.8. The van der Waals surface area contributed by atoms with Crippen molar-refractivity contribution in [3.8, 4) is 22.4 Å². The van der Waals surface area contributed by atoms with Crippen LogP contribution in [0.25, 0.3) is 38.7 Å². The highest BCUT2D eigenvalue weighted by atomic mass is 35.5. The molecule has 0 saturated heterocycles. The van der Waals surface area contributed by atoms with Gasteiger partial charge in [0.05, 0.1) is 12.0 Å². The number of imidazole rings is 1. The first-order valence-electron chi connectivity index (χ1n) is 13.3. The summed E-state index contributed by atoms with van der Waals surface area (Å²) in [6.07, 6.45) is 15.9. The molecule has 0 fully saturated rings. The van der Waals surface area contributed by atoms with E-state index in [0.29, 0.717) is 12.0 Å². The van der Waals surface area contributed by atoms with Crippen molar-refractivity contribution >= 4 is 27.9 Å². The molecule has 4 heteroatoms. The minimum absolute atomic E-state index is 0.321. The number of aryl methyl sites for hydroxylation is 1. The van der Waals surface area contributed by atoms with Gasteiger partial charge in [-0.15, -0.1) is 0 Å². The Labute approximate surface area is 228 Å². The monoisotopic (exact) mass is 513 g/mol. The molecule has 0 amide bonds. The van der Waals surface area contributed by atoms with E-state index in [0.717, 1.165) is 35.5 Å². The van der Waals surface area contributed by atoms with Gasteiger partial charge >= 0.3 is 0 Å². The zero-order valence-electron chi connectivity index (χ0n) is 21.3. The smallest absolute Gasteiger partial charge is 0.0956 e. The van der Waals surface area contributed by atoms with Crippen molar-refractivity contribution in [1.29, 1.82) is 0 Å².